The van der Waals surface area contributed by atoms with Gasteiger partial charge in [-0.25, -0.2) is 9.59 Å². The lowest BCUT2D eigenvalue weighted by atomic mass is 10.2. The second-order valence-electron chi connectivity index (χ2n) is 7.06. The van der Waals surface area contributed by atoms with Crippen LogP contribution in [0.1, 0.15) is 33.6 Å². The molecule has 2 rings (SSSR count). The Morgan fingerprint density at radius 3 is 2.00 bits per heavy atom. The van der Waals surface area contributed by atoms with Gasteiger partial charge in [-0.3, -0.25) is 9.69 Å². The molecule has 2 fully saturated rings. The van der Waals surface area contributed by atoms with Gasteiger partial charge in [0, 0.05) is 19.4 Å². The van der Waals surface area contributed by atoms with E-state index in [9.17, 15) is 19.5 Å². The number of hydrogen-bond acceptors (Lipinski definition) is 7. The molecule has 0 aromatic rings. The molecule has 0 saturated carbocycles. The number of carbonyl (C=O) groups is 3. The minimum atomic E-state index is -1.12. The van der Waals surface area contributed by atoms with Gasteiger partial charge in [-0.15, -0.1) is 0 Å². The van der Waals surface area contributed by atoms with Crippen molar-refractivity contribution in [2.45, 2.75) is 63.5 Å². The normalized spacial score (nSPS) is 28.9. The van der Waals surface area contributed by atoms with Gasteiger partial charge in [0.2, 0.25) is 0 Å². The van der Waals surface area contributed by atoms with Crippen LogP contribution in [-0.4, -0.2) is 86.3 Å². The Morgan fingerprint density at radius 1 is 1.04 bits per heavy atom. The van der Waals surface area contributed by atoms with E-state index >= 15 is 0 Å². The average Bonchev–Trinajstić information content (AvgIpc) is 3.03. The SMILES string of the molecule is CC(C)(C)OC(=O)N1C[C@@H](O)C[C@H]1C(=O)O.O=C(O)[C@@H]1C[C@H](O)CN1. The van der Waals surface area contributed by atoms with E-state index in [1.165, 1.54) is 0 Å². The van der Waals surface area contributed by atoms with Gasteiger partial charge < -0.3 is 30.5 Å². The van der Waals surface area contributed by atoms with Gasteiger partial charge in [-0.05, 0) is 20.8 Å². The van der Waals surface area contributed by atoms with Gasteiger partial charge in [0.15, 0.2) is 0 Å². The zero-order valence-electron chi connectivity index (χ0n) is 14.5. The molecule has 0 bridgehead atoms. The van der Waals surface area contributed by atoms with Gasteiger partial charge in [-0.2, -0.15) is 0 Å². The van der Waals surface area contributed by atoms with E-state index in [2.05, 4.69) is 5.32 Å². The summed E-state index contributed by atoms with van der Waals surface area (Å²) in [5, 5.41) is 38.1. The van der Waals surface area contributed by atoms with E-state index in [0.717, 1.165) is 4.90 Å². The maximum Gasteiger partial charge on any atom is 0.411 e. The first-order valence-corrected chi connectivity index (χ1v) is 7.95. The number of aliphatic hydroxyl groups excluding tert-OH is 2. The molecule has 2 heterocycles. The quantitative estimate of drug-likeness (QED) is 0.426. The van der Waals surface area contributed by atoms with Crippen molar-refractivity contribution >= 4 is 18.0 Å². The van der Waals surface area contributed by atoms with Crippen molar-refractivity contribution in [1.82, 2.24) is 10.2 Å². The summed E-state index contributed by atoms with van der Waals surface area (Å²) in [5.74, 6) is -2.01. The van der Waals surface area contributed by atoms with Crippen molar-refractivity contribution in [3.63, 3.8) is 0 Å². The number of β-amino-alcohol motifs (C(OH)–C–C–N with tert-alkyl or cyclic N) is 2. The van der Waals surface area contributed by atoms with Crippen molar-refractivity contribution in [3.05, 3.63) is 0 Å². The highest BCUT2D eigenvalue weighted by atomic mass is 16.6. The molecule has 5 N–H and O–H groups in total. The Labute approximate surface area is 145 Å². The smallest absolute Gasteiger partial charge is 0.411 e. The van der Waals surface area contributed by atoms with E-state index in [1.54, 1.807) is 20.8 Å². The van der Waals surface area contributed by atoms with Crippen LogP contribution in [0.25, 0.3) is 0 Å². The number of carboxylic acid groups (broad SMARTS) is 2. The summed E-state index contributed by atoms with van der Waals surface area (Å²) in [7, 11) is 0. The van der Waals surface area contributed by atoms with Crippen molar-refractivity contribution in [2.75, 3.05) is 13.1 Å². The van der Waals surface area contributed by atoms with Crippen LogP contribution in [0.4, 0.5) is 4.79 Å². The Kier molecular flexibility index (Phi) is 7.15. The topological polar surface area (TPSA) is 157 Å². The van der Waals surface area contributed by atoms with E-state index in [4.69, 9.17) is 20.1 Å². The van der Waals surface area contributed by atoms with Crippen molar-refractivity contribution in [3.8, 4) is 0 Å². The monoisotopic (exact) mass is 362 g/mol. The van der Waals surface area contributed by atoms with Gasteiger partial charge in [0.1, 0.15) is 17.7 Å². The number of nitrogens with one attached hydrogen (secondary N) is 1. The molecule has 10 nitrogen and oxygen atoms in total. The Balaban J connectivity index is 0.000000293. The second-order valence-corrected chi connectivity index (χ2v) is 7.06. The number of carbonyl (C=O) groups excluding carboxylic acids is 1. The molecule has 0 radical (unpaired) electrons. The third-order valence-electron chi connectivity index (χ3n) is 3.60. The molecule has 10 heteroatoms. The molecule has 0 unspecified atom stereocenters. The summed E-state index contributed by atoms with van der Waals surface area (Å²) in [4.78, 5) is 33.7. The van der Waals surface area contributed by atoms with Crippen LogP contribution in [-0.2, 0) is 14.3 Å². The predicted molar refractivity (Wildman–Crippen MR) is 85.0 cm³/mol. The number of carboxylic acids is 2. The van der Waals surface area contributed by atoms with Gasteiger partial charge >= 0.3 is 18.0 Å². The lowest BCUT2D eigenvalue weighted by molar-refractivity contribution is -0.142. The fraction of sp³-hybridized carbons (Fsp3) is 0.800. The molecule has 144 valence electrons. The zero-order valence-corrected chi connectivity index (χ0v) is 14.5. The van der Waals surface area contributed by atoms with E-state index in [1.807, 2.05) is 0 Å². The van der Waals surface area contributed by atoms with Crippen LogP contribution in [0.5, 0.6) is 0 Å². The lowest BCUT2D eigenvalue weighted by Gasteiger charge is -2.26. The molecule has 1 amide bonds. The van der Waals surface area contributed by atoms with Crippen LogP contribution < -0.4 is 5.32 Å². The molecule has 0 aromatic heterocycles. The largest absolute Gasteiger partial charge is 0.480 e. The summed E-state index contributed by atoms with van der Waals surface area (Å²) in [6, 6.07) is -1.54. The standard InChI is InChI=1S/C10H17NO5.C5H9NO3/c1-10(2,3)16-9(15)11-5-6(12)4-7(11)8(13)14;7-3-1-4(5(8)9)6-2-3/h6-7,12H,4-5H2,1-3H3,(H,13,14);3-4,6-7H,1-2H2,(H,8,9)/t6-,7-;3-,4-/m00/s1. The highest BCUT2D eigenvalue weighted by Gasteiger charge is 2.40. The van der Waals surface area contributed by atoms with Gasteiger partial charge in [0.25, 0.3) is 0 Å². The first-order valence-electron chi connectivity index (χ1n) is 7.95. The maximum atomic E-state index is 11.7. The number of aliphatic carboxylic acids is 2. The number of amides is 1. The highest BCUT2D eigenvalue weighted by Crippen LogP contribution is 2.21. The van der Waals surface area contributed by atoms with E-state index in [0.29, 0.717) is 13.0 Å². The molecule has 4 atom stereocenters. The molecule has 2 aliphatic rings. The van der Waals surface area contributed by atoms with E-state index in [-0.39, 0.29) is 13.0 Å². The number of likely N-dealkylation sites (tertiary alicyclic amines) is 1. The van der Waals surface area contributed by atoms with Crippen molar-refractivity contribution in [1.29, 1.82) is 0 Å². The third kappa shape index (κ3) is 6.85. The molecular weight excluding hydrogens is 336 g/mol. The molecule has 2 saturated heterocycles. The van der Waals surface area contributed by atoms with Crippen molar-refractivity contribution < 1.29 is 39.5 Å². The number of rotatable bonds is 2. The summed E-state index contributed by atoms with van der Waals surface area (Å²) in [5.41, 5.74) is -0.673. The summed E-state index contributed by atoms with van der Waals surface area (Å²) in [6.45, 7) is 5.51. The third-order valence-corrected chi connectivity index (χ3v) is 3.60. The summed E-state index contributed by atoms with van der Waals surface area (Å²) < 4.78 is 5.06. The fourth-order valence-electron chi connectivity index (χ4n) is 2.48. The molecule has 0 aliphatic carbocycles. The molecule has 0 aromatic carbocycles. The van der Waals surface area contributed by atoms with Crippen LogP contribution in [0.3, 0.4) is 0 Å². The summed E-state index contributed by atoms with van der Waals surface area (Å²) in [6.07, 6.45) is -1.60. The van der Waals surface area contributed by atoms with Gasteiger partial charge in [0.05, 0.1) is 18.8 Å². The van der Waals surface area contributed by atoms with Crippen LogP contribution in [0.2, 0.25) is 0 Å². The Hall–Kier alpha value is -1.91. The van der Waals surface area contributed by atoms with Crippen LogP contribution >= 0.6 is 0 Å². The fourth-order valence-corrected chi connectivity index (χ4v) is 2.48. The molecular formula is C15H26N2O8. The Morgan fingerprint density at radius 2 is 1.64 bits per heavy atom. The van der Waals surface area contributed by atoms with Crippen LogP contribution in [0, 0.1) is 0 Å². The number of ether oxygens (including phenoxy) is 1. The number of aliphatic hydroxyl groups is 2. The first kappa shape index (κ1) is 21.1. The zero-order chi connectivity index (χ0) is 19.4. The molecule has 2 aliphatic heterocycles. The predicted octanol–water partition coefficient (Wildman–Crippen LogP) is -0.765. The van der Waals surface area contributed by atoms with Crippen molar-refractivity contribution in [2.24, 2.45) is 0 Å². The Bertz CT molecular complexity index is 504. The lowest BCUT2D eigenvalue weighted by Crippen LogP contribution is -2.43. The minimum absolute atomic E-state index is 0.00583. The maximum absolute atomic E-state index is 11.7. The van der Waals surface area contributed by atoms with E-state index < -0.39 is 47.9 Å². The second kappa shape index (κ2) is 8.45. The van der Waals surface area contributed by atoms with Gasteiger partial charge in [-0.1, -0.05) is 0 Å². The minimum Gasteiger partial charge on any atom is -0.480 e. The number of nitrogens with zero attached hydrogens (tertiary/aromatic N) is 1. The molecule has 0 spiro atoms. The molecule has 25 heavy (non-hydrogen) atoms. The first-order chi connectivity index (χ1) is 11.4. The number of hydrogen-bond donors (Lipinski definition) is 5. The summed E-state index contributed by atoms with van der Waals surface area (Å²) >= 11 is 0. The average molecular weight is 362 g/mol. The van der Waals surface area contributed by atoms with Crippen LogP contribution in [0.15, 0.2) is 0 Å². The highest BCUT2D eigenvalue weighted by molar-refractivity contribution is 5.81.